The van der Waals surface area contributed by atoms with Crippen LogP contribution in [0.1, 0.15) is 79.1 Å². The van der Waals surface area contributed by atoms with Crippen molar-refractivity contribution in [3.8, 4) is 20.9 Å². The van der Waals surface area contributed by atoms with Gasteiger partial charge >= 0.3 is 0 Å². The van der Waals surface area contributed by atoms with E-state index in [0.29, 0.717) is 0 Å². The summed E-state index contributed by atoms with van der Waals surface area (Å²) in [6.07, 6.45) is 10.7. The summed E-state index contributed by atoms with van der Waals surface area (Å²) in [5, 5.41) is 7.46. The van der Waals surface area contributed by atoms with Gasteiger partial charge in [-0.15, -0.1) is 91.5 Å². The first kappa shape index (κ1) is 33.6. The summed E-state index contributed by atoms with van der Waals surface area (Å²) in [5.41, 5.74) is 2.90. The molecule has 0 spiro atoms. The highest BCUT2D eigenvalue weighted by molar-refractivity contribution is 8.01. The molecule has 0 saturated heterocycles. The number of rotatable bonds is 16. The summed E-state index contributed by atoms with van der Waals surface area (Å²) in [7, 11) is 0. The van der Waals surface area contributed by atoms with E-state index in [1.54, 1.807) is 0 Å². The minimum atomic E-state index is 0.840. The van der Waals surface area contributed by atoms with Crippen LogP contribution in [-0.2, 0) is 0 Å². The van der Waals surface area contributed by atoms with Gasteiger partial charge in [-0.25, -0.2) is 0 Å². The van der Waals surface area contributed by atoms with Crippen molar-refractivity contribution in [2.24, 2.45) is 11.8 Å². The average molecular weight is 755 g/mol. The summed E-state index contributed by atoms with van der Waals surface area (Å²) in [4.78, 5) is 2.85. The maximum Gasteiger partial charge on any atom is 0.0619 e. The quantitative estimate of drug-likeness (QED) is 0.0901. The molecule has 0 saturated carbocycles. The monoisotopic (exact) mass is 754 g/mol. The summed E-state index contributed by atoms with van der Waals surface area (Å²) < 4.78 is 11.6. The molecule has 2 atom stereocenters. The number of hydrogen-bond acceptors (Lipinski definition) is 8. The van der Waals surface area contributed by atoms with Crippen molar-refractivity contribution in [2.75, 3.05) is 11.5 Å². The van der Waals surface area contributed by atoms with Crippen LogP contribution in [0.2, 0.25) is 0 Å². The highest BCUT2D eigenvalue weighted by atomic mass is 32.2. The van der Waals surface area contributed by atoms with Crippen molar-refractivity contribution >= 4 is 131 Å². The van der Waals surface area contributed by atoms with Crippen LogP contribution in [-0.4, -0.2) is 11.5 Å². The second-order valence-electron chi connectivity index (χ2n) is 12.3. The lowest BCUT2D eigenvalue weighted by Gasteiger charge is -2.12. The highest BCUT2D eigenvalue weighted by Crippen LogP contribution is 2.53. The Hall–Kier alpha value is -0.840. The molecule has 7 aromatic rings. The smallest absolute Gasteiger partial charge is 0.0619 e. The minimum absolute atomic E-state index is 0.840. The van der Waals surface area contributed by atoms with Gasteiger partial charge < -0.3 is 0 Å². The molecule has 0 N–H and O–H groups in total. The van der Waals surface area contributed by atoms with Crippen LogP contribution in [0, 0.1) is 11.8 Å². The molecule has 0 aliphatic heterocycles. The molecule has 6 heterocycles. The Morgan fingerprint density at radius 3 is 1.39 bits per heavy atom. The third kappa shape index (κ3) is 6.94. The van der Waals surface area contributed by atoms with Crippen molar-refractivity contribution in [1.82, 2.24) is 0 Å². The van der Waals surface area contributed by atoms with Gasteiger partial charge in [0.05, 0.1) is 8.42 Å². The molecule has 0 amide bonds. The molecule has 2 unspecified atom stereocenters. The Kier molecular flexibility index (Phi) is 11.2. The van der Waals surface area contributed by atoms with Gasteiger partial charge in [0.25, 0.3) is 0 Å². The maximum absolute atomic E-state index is 2.49. The predicted octanol–water partition coefficient (Wildman–Crippen LogP) is 16.6. The Bertz CT molecular complexity index is 1780. The van der Waals surface area contributed by atoms with Crippen molar-refractivity contribution in [3.63, 3.8) is 0 Å². The Morgan fingerprint density at radius 1 is 0.565 bits per heavy atom. The predicted molar refractivity (Wildman–Crippen MR) is 223 cm³/mol. The fourth-order valence-corrected chi connectivity index (χ4v) is 16.4. The molecule has 0 bridgehead atoms. The molecule has 0 aliphatic rings. The summed E-state index contributed by atoms with van der Waals surface area (Å²) in [6.45, 7) is 9.33. The fourth-order valence-electron chi connectivity index (χ4n) is 6.35. The zero-order valence-electron chi connectivity index (χ0n) is 27.1. The molecule has 242 valence electrons. The first-order chi connectivity index (χ1) is 22.6. The number of benzene rings is 1. The lowest BCUT2D eigenvalue weighted by Crippen LogP contribution is -2.01. The van der Waals surface area contributed by atoms with E-state index in [-0.39, 0.29) is 0 Å². The van der Waals surface area contributed by atoms with Gasteiger partial charge in [0.15, 0.2) is 0 Å². The van der Waals surface area contributed by atoms with Gasteiger partial charge in [0.2, 0.25) is 0 Å². The van der Waals surface area contributed by atoms with E-state index in [9.17, 15) is 0 Å². The van der Waals surface area contributed by atoms with Crippen LogP contribution in [0.15, 0.2) is 55.6 Å². The van der Waals surface area contributed by atoms with E-state index in [0.717, 1.165) is 11.8 Å². The van der Waals surface area contributed by atoms with Gasteiger partial charge in [0.1, 0.15) is 0 Å². The van der Waals surface area contributed by atoms with Crippen molar-refractivity contribution < 1.29 is 0 Å². The van der Waals surface area contributed by atoms with E-state index in [1.807, 2.05) is 68.0 Å². The number of unbranched alkanes of at least 4 members (excludes halogenated alkanes) is 2. The largest absolute Gasteiger partial charge is 0.143 e. The highest BCUT2D eigenvalue weighted by Gasteiger charge is 2.22. The van der Waals surface area contributed by atoms with E-state index in [1.165, 1.54) is 131 Å². The third-order valence-electron chi connectivity index (χ3n) is 9.19. The molecule has 0 nitrogen and oxygen atoms in total. The molecule has 0 fully saturated rings. The number of hydrogen-bond donors (Lipinski definition) is 0. The first-order valence-corrected chi connectivity index (χ1v) is 23.8. The molecule has 7 rings (SSSR count). The third-order valence-corrected chi connectivity index (χ3v) is 18.6. The zero-order valence-corrected chi connectivity index (χ0v) is 33.6. The Morgan fingerprint density at radius 2 is 1.00 bits per heavy atom. The van der Waals surface area contributed by atoms with E-state index >= 15 is 0 Å². The molecule has 8 heteroatoms. The minimum Gasteiger partial charge on any atom is -0.143 e. The lowest BCUT2D eigenvalue weighted by atomic mass is 10.0. The summed E-state index contributed by atoms with van der Waals surface area (Å²) in [5.74, 6) is 4.19. The molecule has 0 radical (unpaired) electrons. The van der Waals surface area contributed by atoms with Crippen LogP contribution < -0.4 is 0 Å². The molecule has 1 aromatic carbocycles. The van der Waals surface area contributed by atoms with Crippen LogP contribution in [0.5, 0.6) is 0 Å². The standard InChI is InChI=1S/C38H42S8/c1-5-9-11-23(7-3)21-41-33-19-29-27(45-33)17-31(43-29)35-25-13-15-40-38(25)36(26-14-16-39-37(26)35)32-18-28-30(44-32)20-34(46-28)42-22-24(8-4)12-10-6-2/h13-20,23-24H,5-12,21-22H2,1-4H3. The topological polar surface area (TPSA) is 0 Å². The number of fused-ring (bicyclic) bond motifs is 4. The average Bonchev–Trinajstić information content (AvgIpc) is 3.90. The second-order valence-corrected chi connectivity index (χ2v) is 21.1. The van der Waals surface area contributed by atoms with E-state index < -0.39 is 0 Å². The van der Waals surface area contributed by atoms with Gasteiger partial charge in [0, 0.05) is 71.4 Å². The van der Waals surface area contributed by atoms with Gasteiger partial charge in [-0.1, -0.05) is 66.2 Å². The molecular weight excluding hydrogens is 713 g/mol. The second kappa shape index (κ2) is 15.4. The summed E-state index contributed by atoms with van der Waals surface area (Å²) >= 11 is 16.0. The maximum atomic E-state index is 2.49. The normalized spacial score (nSPS) is 13.7. The molecule has 46 heavy (non-hydrogen) atoms. The van der Waals surface area contributed by atoms with Crippen molar-refractivity contribution in [1.29, 1.82) is 0 Å². The van der Waals surface area contributed by atoms with Crippen LogP contribution >= 0.6 is 91.5 Å². The number of thiophene rings is 6. The van der Waals surface area contributed by atoms with E-state index in [2.05, 4.69) is 98.4 Å². The van der Waals surface area contributed by atoms with Gasteiger partial charge in [-0.05, 0) is 71.8 Å². The Balaban J connectivity index is 1.17. The van der Waals surface area contributed by atoms with Crippen molar-refractivity contribution in [3.05, 3.63) is 47.2 Å². The fraction of sp³-hybridized carbons (Fsp3) is 0.421. The van der Waals surface area contributed by atoms with Crippen molar-refractivity contribution in [2.45, 2.75) is 87.5 Å². The van der Waals surface area contributed by atoms with Gasteiger partial charge in [-0.2, -0.15) is 0 Å². The number of thioether (sulfide) groups is 2. The van der Waals surface area contributed by atoms with Crippen LogP contribution in [0.3, 0.4) is 0 Å². The lowest BCUT2D eigenvalue weighted by molar-refractivity contribution is 0.499. The molecular formula is C38H42S8. The zero-order chi connectivity index (χ0) is 31.6. The SMILES string of the molecule is CCCCC(CC)CSc1cc2sc(-c3c4ccsc4c(-c4cc5sc(SCC(CC)CCCC)cc5s4)c4ccsc34)cc2s1. The van der Waals surface area contributed by atoms with Crippen LogP contribution in [0.25, 0.3) is 59.9 Å². The molecule has 0 aliphatic carbocycles. The first-order valence-electron chi connectivity index (χ1n) is 16.8. The summed E-state index contributed by atoms with van der Waals surface area (Å²) in [6, 6.07) is 14.7. The molecule has 6 aromatic heterocycles. The Labute approximate surface area is 306 Å². The van der Waals surface area contributed by atoms with Gasteiger partial charge in [-0.3, -0.25) is 0 Å². The van der Waals surface area contributed by atoms with Crippen LogP contribution in [0.4, 0.5) is 0 Å². The van der Waals surface area contributed by atoms with E-state index in [4.69, 9.17) is 0 Å².